The van der Waals surface area contributed by atoms with Crippen LogP contribution in [0.15, 0.2) is 17.0 Å². The Morgan fingerprint density at radius 2 is 2.00 bits per heavy atom. The van der Waals surface area contributed by atoms with Gasteiger partial charge in [0.15, 0.2) is 11.6 Å². The van der Waals surface area contributed by atoms with Crippen LogP contribution in [0.1, 0.15) is 37.0 Å². The number of nitrogens with two attached hydrogens (primary N) is 1. The molecular formula is C13H17F2NO4S. The van der Waals surface area contributed by atoms with Gasteiger partial charge in [0.2, 0.25) is 10.0 Å². The van der Waals surface area contributed by atoms with Crippen LogP contribution in [0.25, 0.3) is 0 Å². The largest absolute Gasteiger partial charge is 0.462 e. The first kappa shape index (κ1) is 17.5. The molecule has 118 valence electrons. The topological polar surface area (TPSA) is 86.5 Å². The molecule has 0 radical (unpaired) electrons. The summed E-state index contributed by atoms with van der Waals surface area (Å²) in [6.07, 6.45) is 1.70. The molecule has 1 aromatic rings. The number of benzene rings is 1. The summed E-state index contributed by atoms with van der Waals surface area (Å²) in [5, 5.41) is 4.84. The molecule has 5 nitrogen and oxygen atoms in total. The van der Waals surface area contributed by atoms with Gasteiger partial charge in [0.05, 0.1) is 17.1 Å². The monoisotopic (exact) mass is 321 g/mol. The smallest absolute Gasteiger partial charge is 0.341 e. The van der Waals surface area contributed by atoms with Crippen molar-refractivity contribution in [1.82, 2.24) is 0 Å². The zero-order valence-corrected chi connectivity index (χ0v) is 12.5. The van der Waals surface area contributed by atoms with Crippen LogP contribution in [0.3, 0.4) is 0 Å². The summed E-state index contributed by atoms with van der Waals surface area (Å²) >= 11 is 0. The number of primary sulfonamides is 1. The number of carbonyl (C=O) groups is 1. The molecule has 1 atom stereocenters. The van der Waals surface area contributed by atoms with Crippen LogP contribution in [0.2, 0.25) is 0 Å². The highest BCUT2D eigenvalue weighted by Gasteiger charge is 2.22. The van der Waals surface area contributed by atoms with Gasteiger partial charge in [-0.3, -0.25) is 0 Å². The first-order valence-electron chi connectivity index (χ1n) is 6.35. The second kappa shape index (κ2) is 6.95. The Morgan fingerprint density at radius 1 is 1.38 bits per heavy atom. The summed E-state index contributed by atoms with van der Waals surface area (Å²) in [6.45, 7) is 3.84. The summed E-state index contributed by atoms with van der Waals surface area (Å²) in [6, 6.07) is 1.09. The molecule has 0 aliphatic rings. The minimum Gasteiger partial charge on any atom is -0.462 e. The van der Waals surface area contributed by atoms with E-state index < -0.39 is 38.1 Å². The molecule has 1 unspecified atom stereocenters. The number of hydrogen-bond donors (Lipinski definition) is 1. The quantitative estimate of drug-likeness (QED) is 0.814. The van der Waals surface area contributed by atoms with E-state index in [0.717, 1.165) is 12.8 Å². The van der Waals surface area contributed by atoms with E-state index in [1.807, 2.05) is 13.8 Å². The van der Waals surface area contributed by atoms with E-state index in [-0.39, 0.29) is 12.5 Å². The van der Waals surface area contributed by atoms with Crippen molar-refractivity contribution in [2.24, 2.45) is 11.1 Å². The van der Waals surface area contributed by atoms with Crippen molar-refractivity contribution < 1.29 is 26.7 Å². The molecule has 0 saturated heterocycles. The molecule has 2 N–H and O–H groups in total. The highest BCUT2D eigenvalue weighted by Crippen LogP contribution is 2.19. The molecule has 0 aliphatic heterocycles. The number of esters is 1. The summed E-state index contributed by atoms with van der Waals surface area (Å²) < 4.78 is 54.1. The van der Waals surface area contributed by atoms with Gasteiger partial charge in [0.25, 0.3) is 0 Å². The lowest BCUT2D eigenvalue weighted by molar-refractivity contribution is 0.0436. The fraction of sp³-hybridized carbons (Fsp3) is 0.462. The fourth-order valence-electron chi connectivity index (χ4n) is 1.75. The molecule has 21 heavy (non-hydrogen) atoms. The molecule has 0 aliphatic carbocycles. The van der Waals surface area contributed by atoms with Gasteiger partial charge < -0.3 is 4.74 Å². The predicted molar refractivity (Wildman–Crippen MR) is 72.1 cm³/mol. The first-order chi connectivity index (χ1) is 9.66. The van der Waals surface area contributed by atoms with Crippen LogP contribution in [-0.2, 0) is 14.8 Å². The van der Waals surface area contributed by atoms with Crippen LogP contribution in [0, 0.1) is 17.6 Å². The molecule has 1 aromatic carbocycles. The van der Waals surface area contributed by atoms with Gasteiger partial charge in [0.1, 0.15) is 0 Å². The summed E-state index contributed by atoms with van der Waals surface area (Å²) in [7, 11) is -4.25. The second-order valence-corrected chi connectivity index (χ2v) is 6.37. The van der Waals surface area contributed by atoms with Crippen molar-refractivity contribution in [2.45, 2.75) is 31.6 Å². The zero-order valence-electron chi connectivity index (χ0n) is 11.7. The Hall–Kier alpha value is -1.54. The van der Waals surface area contributed by atoms with E-state index in [0.29, 0.717) is 12.1 Å². The Bertz CT molecular complexity index is 631. The van der Waals surface area contributed by atoms with Gasteiger partial charge in [-0.05, 0) is 24.5 Å². The van der Waals surface area contributed by atoms with Gasteiger partial charge >= 0.3 is 5.97 Å². The summed E-state index contributed by atoms with van der Waals surface area (Å²) in [5.74, 6) is -4.00. The van der Waals surface area contributed by atoms with Gasteiger partial charge in [-0.2, -0.15) is 0 Å². The molecule has 8 heteroatoms. The SMILES string of the molecule is CCCC(C)COC(=O)c1cc(S(N)(=O)=O)cc(F)c1F. The van der Waals surface area contributed by atoms with Crippen molar-refractivity contribution in [3.63, 3.8) is 0 Å². The van der Waals surface area contributed by atoms with Gasteiger partial charge in [-0.15, -0.1) is 0 Å². The minimum absolute atomic E-state index is 0.0351. The maximum Gasteiger partial charge on any atom is 0.341 e. The number of hydrogen-bond acceptors (Lipinski definition) is 4. The van der Waals surface area contributed by atoms with Crippen molar-refractivity contribution in [3.05, 3.63) is 29.3 Å². The van der Waals surface area contributed by atoms with Gasteiger partial charge in [-0.1, -0.05) is 20.3 Å². The lowest BCUT2D eigenvalue weighted by Crippen LogP contribution is -2.17. The highest BCUT2D eigenvalue weighted by atomic mass is 32.2. The third-order valence-corrected chi connectivity index (χ3v) is 3.72. The second-order valence-electron chi connectivity index (χ2n) is 4.80. The molecule has 0 spiro atoms. The molecule has 0 fully saturated rings. The zero-order chi connectivity index (χ0) is 16.2. The standard InChI is InChI=1S/C13H17F2NO4S/c1-3-4-8(2)7-20-13(17)10-5-9(21(16,18)19)6-11(14)12(10)15/h5-6,8H,3-4,7H2,1-2H3,(H2,16,18,19). The van der Waals surface area contributed by atoms with Gasteiger partial charge in [-0.25, -0.2) is 27.1 Å². The van der Waals surface area contributed by atoms with Crippen molar-refractivity contribution in [2.75, 3.05) is 6.61 Å². The predicted octanol–water partition coefficient (Wildman–Crippen LogP) is 2.21. The Labute approximate surface area is 122 Å². The molecule has 0 amide bonds. The Balaban J connectivity index is 3.01. The molecule has 0 saturated carbocycles. The van der Waals surface area contributed by atoms with E-state index in [2.05, 4.69) is 0 Å². The molecular weight excluding hydrogens is 304 g/mol. The fourth-order valence-corrected chi connectivity index (χ4v) is 2.30. The third-order valence-electron chi connectivity index (χ3n) is 2.83. The first-order valence-corrected chi connectivity index (χ1v) is 7.90. The molecule has 1 rings (SSSR count). The van der Waals surface area contributed by atoms with Crippen LogP contribution < -0.4 is 5.14 Å². The van der Waals surface area contributed by atoms with E-state index in [4.69, 9.17) is 9.88 Å². The summed E-state index contributed by atoms with van der Waals surface area (Å²) in [4.78, 5) is 11.1. The number of carbonyl (C=O) groups excluding carboxylic acids is 1. The lowest BCUT2D eigenvalue weighted by atomic mass is 10.1. The van der Waals surface area contributed by atoms with Crippen molar-refractivity contribution in [3.8, 4) is 0 Å². The average Bonchev–Trinajstić information content (AvgIpc) is 2.38. The van der Waals surface area contributed by atoms with E-state index >= 15 is 0 Å². The highest BCUT2D eigenvalue weighted by molar-refractivity contribution is 7.89. The van der Waals surface area contributed by atoms with Crippen LogP contribution in [0.5, 0.6) is 0 Å². The van der Waals surface area contributed by atoms with Crippen LogP contribution >= 0.6 is 0 Å². The van der Waals surface area contributed by atoms with E-state index in [1.165, 1.54) is 0 Å². The average molecular weight is 321 g/mol. The van der Waals surface area contributed by atoms with Crippen LogP contribution in [0.4, 0.5) is 8.78 Å². The van der Waals surface area contributed by atoms with Crippen LogP contribution in [-0.4, -0.2) is 21.0 Å². The molecule has 0 aromatic heterocycles. The number of ether oxygens (including phenoxy) is 1. The van der Waals surface area contributed by atoms with E-state index in [1.54, 1.807) is 0 Å². The van der Waals surface area contributed by atoms with Crippen molar-refractivity contribution in [1.29, 1.82) is 0 Å². The number of sulfonamides is 1. The Morgan fingerprint density at radius 3 is 2.52 bits per heavy atom. The number of rotatable bonds is 6. The third kappa shape index (κ3) is 4.75. The Kier molecular flexibility index (Phi) is 5.79. The van der Waals surface area contributed by atoms with Crippen molar-refractivity contribution >= 4 is 16.0 Å². The maximum absolute atomic E-state index is 13.6. The minimum atomic E-state index is -4.25. The normalized spacial score (nSPS) is 13.0. The molecule has 0 heterocycles. The number of halogens is 2. The maximum atomic E-state index is 13.6. The molecule has 0 bridgehead atoms. The van der Waals surface area contributed by atoms with Gasteiger partial charge in [0, 0.05) is 0 Å². The summed E-state index contributed by atoms with van der Waals surface area (Å²) in [5.41, 5.74) is -0.789. The lowest BCUT2D eigenvalue weighted by Gasteiger charge is -2.12. The van der Waals surface area contributed by atoms with E-state index in [9.17, 15) is 22.0 Å².